The van der Waals surface area contributed by atoms with Crippen LogP contribution in [-0.4, -0.2) is 19.3 Å². The Kier molecular flexibility index (Phi) is 2.94. The maximum Gasteiger partial charge on any atom is 0.0946 e. The molecule has 0 saturated heterocycles. The fraction of sp³-hybridized carbons (Fsp3) is 0.538. The van der Waals surface area contributed by atoms with Gasteiger partial charge in [0.1, 0.15) is 0 Å². The molecule has 1 aliphatic rings. The minimum Gasteiger partial charge on any atom is -0.337 e. The second-order valence-electron chi connectivity index (χ2n) is 4.94. The summed E-state index contributed by atoms with van der Waals surface area (Å²) in [5, 5.41) is 4.32. The van der Waals surface area contributed by atoms with Crippen molar-refractivity contribution in [1.29, 1.82) is 0 Å². The van der Waals surface area contributed by atoms with Crippen LogP contribution in [0, 0.1) is 11.8 Å². The zero-order chi connectivity index (χ0) is 11.5. The van der Waals surface area contributed by atoms with E-state index in [-0.39, 0.29) is 0 Å². The fourth-order valence-corrected chi connectivity index (χ4v) is 2.58. The highest BCUT2D eigenvalue weighted by Crippen LogP contribution is 2.35. The van der Waals surface area contributed by atoms with Gasteiger partial charge in [0.2, 0.25) is 0 Å². The first kappa shape index (κ1) is 10.6. The quantitative estimate of drug-likeness (QED) is 0.789. The van der Waals surface area contributed by atoms with Crippen LogP contribution >= 0.6 is 0 Å². The lowest BCUT2D eigenvalue weighted by molar-refractivity contribution is 0.162. The Labute approximate surface area is 101 Å². The molecular formula is C13H18N4. The summed E-state index contributed by atoms with van der Waals surface area (Å²) < 4.78 is 4.24. The van der Waals surface area contributed by atoms with Gasteiger partial charge in [0, 0.05) is 37.9 Å². The third-order valence-corrected chi connectivity index (χ3v) is 3.80. The summed E-state index contributed by atoms with van der Waals surface area (Å²) in [5.74, 6) is 1.54. The number of aromatic nitrogens is 4. The highest BCUT2D eigenvalue weighted by atomic mass is 15.3. The molecule has 2 aromatic heterocycles. The van der Waals surface area contributed by atoms with Crippen LogP contribution in [0.5, 0.6) is 0 Å². The van der Waals surface area contributed by atoms with E-state index in [9.17, 15) is 0 Å². The van der Waals surface area contributed by atoms with E-state index < -0.39 is 0 Å². The van der Waals surface area contributed by atoms with E-state index in [1.807, 2.05) is 24.8 Å². The van der Waals surface area contributed by atoms with Gasteiger partial charge >= 0.3 is 0 Å². The predicted molar refractivity (Wildman–Crippen MR) is 65.3 cm³/mol. The number of hydrogen-bond donors (Lipinski definition) is 0. The Bertz CT molecular complexity index is 392. The van der Waals surface area contributed by atoms with Crippen LogP contribution in [0.25, 0.3) is 0 Å². The third-order valence-electron chi connectivity index (χ3n) is 3.80. The first-order valence-electron chi connectivity index (χ1n) is 6.35. The molecule has 1 atom stereocenters. The minimum absolute atomic E-state index is 0.679. The molecule has 2 aromatic rings. The topological polar surface area (TPSA) is 35.6 Å². The van der Waals surface area contributed by atoms with Crippen LogP contribution in [0.3, 0.4) is 0 Å². The van der Waals surface area contributed by atoms with Crippen molar-refractivity contribution in [2.45, 2.75) is 32.4 Å². The van der Waals surface area contributed by atoms with Crippen molar-refractivity contribution < 1.29 is 0 Å². The molecule has 0 spiro atoms. The Morgan fingerprint density at radius 2 is 2.12 bits per heavy atom. The summed E-state index contributed by atoms with van der Waals surface area (Å²) in [4.78, 5) is 4.12. The Hall–Kier alpha value is -1.58. The monoisotopic (exact) mass is 230 g/mol. The number of hydrogen-bond acceptors (Lipinski definition) is 2. The fourth-order valence-electron chi connectivity index (χ4n) is 2.58. The second kappa shape index (κ2) is 4.73. The van der Waals surface area contributed by atoms with Crippen LogP contribution in [0.15, 0.2) is 37.2 Å². The van der Waals surface area contributed by atoms with Gasteiger partial charge in [-0.05, 0) is 17.9 Å². The molecule has 0 N–H and O–H groups in total. The summed E-state index contributed by atoms with van der Waals surface area (Å²) in [6, 6.07) is 2.00. The SMILES string of the molecule is c1cnn(CC(Cn2ccnc2)C2CCC2)c1. The third kappa shape index (κ3) is 2.40. The molecule has 17 heavy (non-hydrogen) atoms. The molecule has 1 unspecified atom stereocenters. The highest BCUT2D eigenvalue weighted by molar-refractivity contribution is 4.84. The van der Waals surface area contributed by atoms with Crippen LogP contribution in [0.4, 0.5) is 0 Å². The van der Waals surface area contributed by atoms with E-state index in [1.54, 1.807) is 0 Å². The van der Waals surface area contributed by atoms with Gasteiger partial charge in [-0.2, -0.15) is 5.10 Å². The molecule has 0 radical (unpaired) electrons. The first-order valence-corrected chi connectivity index (χ1v) is 6.35. The summed E-state index contributed by atoms with van der Waals surface area (Å²) in [5.41, 5.74) is 0. The van der Waals surface area contributed by atoms with Crippen molar-refractivity contribution in [2.24, 2.45) is 11.8 Å². The van der Waals surface area contributed by atoms with E-state index in [1.165, 1.54) is 19.3 Å². The number of nitrogens with zero attached hydrogens (tertiary/aromatic N) is 4. The predicted octanol–water partition coefficient (Wildman–Crippen LogP) is 2.20. The first-order chi connectivity index (χ1) is 8.42. The zero-order valence-corrected chi connectivity index (χ0v) is 9.94. The van der Waals surface area contributed by atoms with E-state index >= 15 is 0 Å². The van der Waals surface area contributed by atoms with Gasteiger partial charge in [0.05, 0.1) is 6.33 Å². The van der Waals surface area contributed by atoms with E-state index in [0.29, 0.717) is 5.92 Å². The zero-order valence-electron chi connectivity index (χ0n) is 9.94. The number of imidazole rings is 1. The van der Waals surface area contributed by atoms with Crippen molar-refractivity contribution in [3.05, 3.63) is 37.2 Å². The van der Waals surface area contributed by atoms with Crippen molar-refractivity contribution in [3.63, 3.8) is 0 Å². The van der Waals surface area contributed by atoms with E-state index in [2.05, 4.69) is 31.7 Å². The Morgan fingerprint density at radius 3 is 2.71 bits per heavy atom. The molecule has 1 saturated carbocycles. The van der Waals surface area contributed by atoms with Crippen molar-refractivity contribution >= 4 is 0 Å². The molecule has 4 nitrogen and oxygen atoms in total. The maximum atomic E-state index is 4.32. The van der Waals surface area contributed by atoms with Gasteiger partial charge in [0.25, 0.3) is 0 Å². The molecule has 0 bridgehead atoms. The van der Waals surface area contributed by atoms with Crippen LogP contribution < -0.4 is 0 Å². The van der Waals surface area contributed by atoms with Gasteiger partial charge in [-0.15, -0.1) is 0 Å². The molecule has 4 heteroatoms. The average molecular weight is 230 g/mol. The molecule has 1 fully saturated rings. The lowest BCUT2D eigenvalue weighted by Crippen LogP contribution is -2.29. The summed E-state index contributed by atoms with van der Waals surface area (Å²) >= 11 is 0. The lowest BCUT2D eigenvalue weighted by atomic mass is 9.75. The van der Waals surface area contributed by atoms with Gasteiger partial charge in [-0.3, -0.25) is 4.68 Å². The van der Waals surface area contributed by atoms with Gasteiger partial charge in [-0.1, -0.05) is 19.3 Å². The second-order valence-corrected chi connectivity index (χ2v) is 4.94. The Balaban J connectivity index is 1.68. The van der Waals surface area contributed by atoms with Crippen molar-refractivity contribution in [3.8, 4) is 0 Å². The molecule has 3 rings (SSSR count). The summed E-state index contributed by atoms with van der Waals surface area (Å²) in [6.45, 7) is 2.08. The van der Waals surface area contributed by atoms with Crippen LogP contribution in [0.2, 0.25) is 0 Å². The smallest absolute Gasteiger partial charge is 0.0946 e. The molecule has 0 aromatic carbocycles. The van der Waals surface area contributed by atoms with Gasteiger partial charge in [0.15, 0.2) is 0 Å². The van der Waals surface area contributed by atoms with E-state index in [0.717, 1.165) is 19.0 Å². The Morgan fingerprint density at radius 1 is 1.18 bits per heavy atom. The molecule has 90 valence electrons. The number of rotatable bonds is 5. The minimum atomic E-state index is 0.679. The average Bonchev–Trinajstić information content (AvgIpc) is 2.87. The summed E-state index contributed by atoms with van der Waals surface area (Å²) in [7, 11) is 0. The van der Waals surface area contributed by atoms with E-state index in [4.69, 9.17) is 0 Å². The normalized spacial score (nSPS) is 17.9. The largest absolute Gasteiger partial charge is 0.337 e. The van der Waals surface area contributed by atoms with Crippen molar-refractivity contribution in [1.82, 2.24) is 19.3 Å². The van der Waals surface area contributed by atoms with Gasteiger partial charge in [-0.25, -0.2) is 4.98 Å². The molecular weight excluding hydrogens is 212 g/mol. The molecule has 0 amide bonds. The van der Waals surface area contributed by atoms with Crippen LogP contribution in [0.1, 0.15) is 19.3 Å². The van der Waals surface area contributed by atoms with Gasteiger partial charge < -0.3 is 4.57 Å². The molecule has 2 heterocycles. The van der Waals surface area contributed by atoms with Crippen molar-refractivity contribution in [2.75, 3.05) is 0 Å². The highest BCUT2D eigenvalue weighted by Gasteiger charge is 2.27. The molecule has 0 aliphatic heterocycles. The maximum absolute atomic E-state index is 4.32. The van der Waals surface area contributed by atoms with Crippen LogP contribution in [-0.2, 0) is 13.1 Å². The molecule has 1 aliphatic carbocycles. The standard InChI is InChI=1S/C13H18N4/c1-3-12(4-1)13(9-16-8-6-14-11-16)10-17-7-2-5-15-17/h2,5-8,11-13H,1,3-4,9-10H2. The lowest BCUT2D eigenvalue weighted by Gasteiger charge is -2.34. The summed E-state index contributed by atoms with van der Waals surface area (Å²) in [6.07, 6.45) is 13.9.